The average Bonchev–Trinajstić information content (AvgIpc) is 3.01. The molecule has 23 heavy (non-hydrogen) atoms. The molecule has 1 aliphatic rings. The van der Waals surface area contributed by atoms with Gasteiger partial charge in [-0.2, -0.15) is 8.75 Å². The number of aromatic nitrogens is 2. The lowest BCUT2D eigenvalue weighted by molar-refractivity contribution is -0.383. The highest BCUT2D eigenvalue weighted by Gasteiger charge is 2.33. The van der Waals surface area contributed by atoms with Crippen LogP contribution >= 0.6 is 11.7 Å². The van der Waals surface area contributed by atoms with Gasteiger partial charge in [-0.15, -0.1) is 0 Å². The molecular formula is C13H12N4O5S. The van der Waals surface area contributed by atoms with Crippen molar-refractivity contribution < 1.29 is 19.6 Å². The van der Waals surface area contributed by atoms with Crippen LogP contribution in [0.2, 0.25) is 0 Å². The smallest absolute Gasteiger partial charge is 0.326 e. The first-order valence-corrected chi connectivity index (χ1v) is 7.66. The molecular weight excluding hydrogens is 324 g/mol. The van der Waals surface area contributed by atoms with E-state index in [1.165, 1.54) is 11.0 Å². The number of nitrogens with zero attached hydrogens (tertiary/aromatic N) is 4. The molecule has 0 spiro atoms. The highest BCUT2D eigenvalue weighted by molar-refractivity contribution is 7.00. The predicted molar refractivity (Wildman–Crippen MR) is 80.4 cm³/mol. The Labute approximate surface area is 134 Å². The van der Waals surface area contributed by atoms with Gasteiger partial charge in [0.15, 0.2) is 5.52 Å². The normalized spacial score (nSPS) is 18.1. The number of nitro benzene ring substituents is 1. The van der Waals surface area contributed by atoms with Gasteiger partial charge >= 0.3 is 5.97 Å². The summed E-state index contributed by atoms with van der Waals surface area (Å²) in [6, 6.07) is 1.65. The topological polar surface area (TPSA) is 127 Å². The van der Waals surface area contributed by atoms with Gasteiger partial charge in [-0.3, -0.25) is 14.9 Å². The van der Waals surface area contributed by atoms with Gasteiger partial charge < -0.3 is 10.0 Å². The highest BCUT2D eigenvalue weighted by atomic mass is 32.1. The van der Waals surface area contributed by atoms with Crippen LogP contribution in [0.1, 0.15) is 29.6 Å². The Balaban J connectivity index is 2.03. The summed E-state index contributed by atoms with van der Waals surface area (Å²) in [4.78, 5) is 35.8. The largest absolute Gasteiger partial charge is 0.480 e. The summed E-state index contributed by atoms with van der Waals surface area (Å²) < 4.78 is 7.81. The van der Waals surface area contributed by atoms with Gasteiger partial charge in [0.25, 0.3) is 11.6 Å². The molecule has 3 rings (SSSR count). The van der Waals surface area contributed by atoms with E-state index in [-0.39, 0.29) is 22.3 Å². The summed E-state index contributed by atoms with van der Waals surface area (Å²) in [5.41, 5.74) is 0.148. The minimum atomic E-state index is -1.07. The summed E-state index contributed by atoms with van der Waals surface area (Å²) >= 11 is 0.822. The third-order valence-electron chi connectivity index (χ3n) is 3.83. The molecule has 0 radical (unpaired) electrons. The Morgan fingerprint density at radius 3 is 2.83 bits per heavy atom. The van der Waals surface area contributed by atoms with Crippen LogP contribution in [0, 0.1) is 10.1 Å². The number of carbonyl (C=O) groups is 2. The lowest BCUT2D eigenvalue weighted by Gasteiger charge is -2.32. The maximum atomic E-state index is 12.7. The zero-order chi connectivity index (χ0) is 16.6. The van der Waals surface area contributed by atoms with E-state index in [0.717, 1.165) is 24.2 Å². The molecule has 2 aromatic rings. The summed E-state index contributed by atoms with van der Waals surface area (Å²) in [5, 5.41) is 20.4. The van der Waals surface area contributed by atoms with E-state index in [9.17, 15) is 24.8 Å². The maximum Gasteiger partial charge on any atom is 0.326 e. The highest BCUT2D eigenvalue weighted by Crippen LogP contribution is 2.28. The standard InChI is InChI=1S/C13H12N4O5S/c18-12(16-4-2-1-3-9(16)13(19)20)7-5-8-11(15-23-14-8)10(6-7)17(21)22/h5-6,9H,1-4H2,(H,19,20)/t9-/m1/s1. The number of amides is 1. The number of likely N-dealkylation sites (tertiary alicyclic amines) is 1. The van der Waals surface area contributed by atoms with Gasteiger partial charge in [-0.1, -0.05) is 0 Å². The number of piperidine rings is 1. The molecule has 0 saturated carbocycles. The number of aliphatic carboxylic acids is 1. The molecule has 2 heterocycles. The van der Waals surface area contributed by atoms with E-state index in [4.69, 9.17) is 0 Å². The zero-order valence-electron chi connectivity index (χ0n) is 11.8. The summed E-state index contributed by atoms with van der Waals surface area (Å²) in [5.74, 6) is -1.60. The van der Waals surface area contributed by atoms with Crippen LogP contribution < -0.4 is 0 Å². The van der Waals surface area contributed by atoms with Gasteiger partial charge in [0.05, 0.1) is 16.7 Å². The van der Waals surface area contributed by atoms with Crippen LogP contribution in [0.3, 0.4) is 0 Å². The summed E-state index contributed by atoms with van der Waals surface area (Å²) in [7, 11) is 0. The first kappa shape index (κ1) is 15.3. The van der Waals surface area contributed by atoms with E-state index in [1.54, 1.807) is 0 Å². The molecule has 0 unspecified atom stereocenters. The Bertz CT molecular complexity index is 805. The quantitative estimate of drug-likeness (QED) is 0.667. The number of hydrogen-bond donors (Lipinski definition) is 1. The number of fused-ring (bicyclic) bond motifs is 1. The first-order chi connectivity index (χ1) is 11.0. The number of benzene rings is 1. The van der Waals surface area contributed by atoms with Crippen molar-refractivity contribution >= 4 is 40.3 Å². The number of carboxylic acid groups (broad SMARTS) is 1. The molecule has 120 valence electrons. The Kier molecular flexibility index (Phi) is 3.90. The molecule has 0 aliphatic carbocycles. The molecule has 1 aromatic heterocycles. The molecule has 1 amide bonds. The Morgan fingerprint density at radius 1 is 1.35 bits per heavy atom. The summed E-state index contributed by atoms with van der Waals surface area (Å²) in [6.07, 6.45) is 1.82. The second kappa shape index (κ2) is 5.88. The van der Waals surface area contributed by atoms with Crippen LogP contribution in [-0.4, -0.2) is 48.1 Å². The number of non-ortho nitro benzene ring substituents is 1. The number of rotatable bonds is 3. The minimum Gasteiger partial charge on any atom is -0.480 e. The number of carboxylic acids is 1. The monoisotopic (exact) mass is 336 g/mol. The van der Waals surface area contributed by atoms with Crippen molar-refractivity contribution in [1.82, 2.24) is 13.6 Å². The van der Waals surface area contributed by atoms with Gasteiger partial charge in [-0.05, 0) is 25.3 Å². The molecule has 1 saturated heterocycles. The molecule has 1 fully saturated rings. The molecule has 1 aliphatic heterocycles. The summed E-state index contributed by atoms with van der Waals surface area (Å²) in [6.45, 7) is 0.316. The fourth-order valence-corrected chi connectivity index (χ4v) is 3.27. The fourth-order valence-electron chi connectivity index (χ4n) is 2.73. The van der Waals surface area contributed by atoms with Gasteiger partial charge in [0, 0.05) is 18.2 Å². The fraction of sp³-hybridized carbons (Fsp3) is 0.385. The number of nitro groups is 1. The Morgan fingerprint density at radius 2 is 2.13 bits per heavy atom. The Hall–Kier alpha value is -2.62. The minimum absolute atomic E-state index is 0.0602. The van der Waals surface area contributed by atoms with Crippen molar-refractivity contribution in [2.45, 2.75) is 25.3 Å². The second-order valence-corrected chi connectivity index (χ2v) is 5.76. The van der Waals surface area contributed by atoms with Crippen molar-refractivity contribution in [2.24, 2.45) is 0 Å². The van der Waals surface area contributed by atoms with Gasteiger partial charge in [-0.25, -0.2) is 4.79 Å². The molecule has 1 N–H and O–H groups in total. The van der Waals surface area contributed by atoms with Crippen LogP contribution in [0.15, 0.2) is 12.1 Å². The predicted octanol–water partition coefficient (Wildman–Crippen LogP) is 1.68. The first-order valence-electron chi connectivity index (χ1n) is 6.93. The van der Waals surface area contributed by atoms with Crippen LogP contribution in [0.4, 0.5) is 5.69 Å². The van der Waals surface area contributed by atoms with E-state index in [0.29, 0.717) is 19.4 Å². The third-order valence-corrected chi connectivity index (χ3v) is 4.38. The van der Waals surface area contributed by atoms with Gasteiger partial charge in [0.1, 0.15) is 11.6 Å². The molecule has 1 aromatic carbocycles. The van der Waals surface area contributed by atoms with E-state index >= 15 is 0 Å². The van der Waals surface area contributed by atoms with Gasteiger partial charge in [0.2, 0.25) is 0 Å². The van der Waals surface area contributed by atoms with Crippen LogP contribution in [0.5, 0.6) is 0 Å². The molecule has 0 bridgehead atoms. The SMILES string of the molecule is O=C(O)[C@H]1CCCCN1C(=O)c1cc([N+](=O)[O-])c2nsnc2c1. The second-order valence-electron chi connectivity index (χ2n) is 5.23. The lowest BCUT2D eigenvalue weighted by Crippen LogP contribution is -2.48. The van der Waals surface area contributed by atoms with Crippen molar-refractivity contribution in [3.05, 3.63) is 27.8 Å². The lowest BCUT2D eigenvalue weighted by atomic mass is 10.0. The number of carbonyl (C=O) groups excluding carboxylic acids is 1. The van der Waals surface area contributed by atoms with E-state index in [2.05, 4.69) is 8.75 Å². The zero-order valence-corrected chi connectivity index (χ0v) is 12.7. The average molecular weight is 336 g/mol. The molecule has 10 heteroatoms. The van der Waals surface area contributed by atoms with Crippen molar-refractivity contribution in [2.75, 3.05) is 6.54 Å². The van der Waals surface area contributed by atoms with Crippen molar-refractivity contribution in [1.29, 1.82) is 0 Å². The van der Waals surface area contributed by atoms with E-state index in [1.807, 2.05) is 0 Å². The molecule has 1 atom stereocenters. The molecule has 9 nitrogen and oxygen atoms in total. The number of hydrogen-bond acceptors (Lipinski definition) is 7. The third kappa shape index (κ3) is 2.72. The van der Waals surface area contributed by atoms with E-state index < -0.39 is 22.8 Å². The van der Waals surface area contributed by atoms with Crippen LogP contribution in [-0.2, 0) is 4.79 Å². The maximum absolute atomic E-state index is 12.7. The van der Waals surface area contributed by atoms with Crippen molar-refractivity contribution in [3.63, 3.8) is 0 Å². The van der Waals surface area contributed by atoms with Crippen molar-refractivity contribution in [3.8, 4) is 0 Å². The van der Waals surface area contributed by atoms with Crippen LogP contribution in [0.25, 0.3) is 11.0 Å².